The Hall–Kier alpha value is -3.36. The Kier molecular flexibility index (Phi) is 5.34. The molecule has 2 aromatic heterocycles. The van der Waals surface area contributed by atoms with E-state index in [1.807, 2.05) is 29.6 Å². The van der Waals surface area contributed by atoms with E-state index in [9.17, 15) is 19.1 Å². The van der Waals surface area contributed by atoms with Gasteiger partial charge in [0.15, 0.2) is 5.13 Å². The molecule has 33 heavy (non-hydrogen) atoms. The highest BCUT2D eigenvalue weighted by Crippen LogP contribution is 2.45. The van der Waals surface area contributed by atoms with Crippen molar-refractivity contribution in [3.8, 4) is 0 Å². The molecule has 166 valence electrons. The topological polar surface area (TPSA) is 70.5 Å². The maximum absolute atomic E-state index is 13.4. The van der Waals surface area contributed by atoms with Gasteiger partial charge in [-0.1, -0.05) is 37.3 Å². The van der Waals surface area contributed by atoms with Gasteiger partial charge >= 0.3 is 5.91 Å². The number of ketones is 1. The first-order valence-corrected chi connectivity index (χ1v) is 12.1. The van der Waals surface area contributed by atoms with Crippen molar-refractivity contribution in [1.29, 1.82) is 0 Å². The number of halogens is 1. The van der Waals surface area contributed by atoms with Crippen LogP contribution in [0.4, 0.5) is 9.52 Å². The minimum atomic E-state index is -0.819. The van der Waals surface area contributed by atoms with Crippen molar-refractivity contribution in [3.05, 3.63) is 87.4 Å². The van der Waals surface area contributed by atoms with Crippen LogP contribution in [-0.4, -0.2) is 21.8 Å². The molecule has 5 rings (SSSR count). The molecule has 1 unspecified atom stereocenters. The highest BCUT2D eigenvalue weighted by molar-refractivity contribution is 7.22. The Morgan fingerprint density at radius 2 is 1.88 bits per heavy atom. The first kappa shape index (κ1) is 21.5. The molecule has 0 bridgehead atoms. The number of hydrogen-bond donors (Lipinski definition) is 1. The molecular weight excluding hydrogens is 459 g/mol. The summed E-state index contributed by atoms with van der Waals surface area (Å²) in [6, 6.07) is 14.0. The summed E-state index contributed by atoms with van der Waals surface area (Å²) in [6.07, 6.45) is 0. The normalized spacial score (nSPS) is 18.1. The lowest BCUT2D eigenvalue weighted by Gasteiger charge is -2.21. The zero-order valence-corrected chi connectivity index (χ0v) is 19.4. The van der Waals surface area contributed by atoms with E-state index >= 15 is 0 Å². The number of fused-ring (bicyclic) bond motifs is 1. The first-order valence-electron chi connectivity index (χ1n) is 10.4. The van der Waals surface area contributed by atoms with Crippen LogP contribution in [0.5, 0.6) is 0 Å². The zero-order chi connectivity index (χ0) is 23.3. The van der Waals surface area contributed by atoms with Crippen LogP contribution in [-0.2, 0) is 9.59 Å². The SMILES string of the molecule is CC(C)c1ccc2nc(N3C(=O)C(=O)/C(=C(/O)c4ccc(F)cc4)C3c3cccs3)sc2c1. The molecule has 0 aliphatic carbocycles. The van der Waals surface area contributed by atoms with Gasteiger partial charge in [-0.3, -0.25) is 14.5 Å². The summed E-state index contributed by atoms with van der Waals surface area (Å²) in [5.41, 5.74) is 2.13. The second-order valence-corrected chi connectivity index (χ2v) is 10.1. The van der Waals surface area contributed by atoms with Crippen molar-refractivity contribution in [1.82, 2.24) is 4.98 Å². The number of thiazole rings is 1. The lowest BCUT2D eigenvalue weighted by Crippen LogP contribution is -2.28. The predicted octanol–water partition coefficient (Wildman–Crippen LogP) is 6.25. The van der Waals surface area contributed by atoms with E-state index < -0.39 is 23.5 Å². The molecule has 0 spiro atoms. The third-order valence-electron chi connectivity index (χ3n) is 5.65. The Labute approximate surface area is 197 Å². The zero-order valence-electron chi connectivity index (χ0n) is 17.8. The van der Waals surface area contributed by atoms with Crippen molar-refractivity contribution in [2.75, 3.05) is 4.90 Å². The van der Waals surface area contributed by atoms with E-state index in [1.54, 1.807) is 0 Å². The fraction of sp³-hybridized carbons (Fsp3) is 0.160. The maximum atomic E-state index is 13.4. The van der Waals surface area contributed by atoms with Crippen molar-refractivity contribution in [2.24, 2.45) is 0 Å². The van der Waals surface area contributed by atoms with Crippen molar-refractivity contribution >= 4 is 55.5 Å². The Morgan fingerprint density at radius 3 is 2.55 bits per heavy atom. The smallest absolute Gasteiger partial charge is 0.301 e. The molecule has 1 N–H and O–H groups in total. The monoisotopic (exact) mass is 478 g/mol. The third-order valence-corrected chi connectivity index (χ3v) is 7.59. The van der Waals surface area contributed by atoms with Crippen molar-refractivity contribution in [2.45, 2.75) is 25.8 Å². The Morgan fingerprint density at radius 1 is 1.12 bits per heavy atom. The minimum absolute atomic E-state index is 0.0313. The summed E-state index contributed by atoms with van der Waals surface area (Å²) in [4.78, 5) is 33.1. The molecule has 2 aromatic carbocycles. The lowest BCUT2D eigenvalue weighted by molar-refractivity contribution is -0.132. The van der Waals surface area contributed by atoms with Crippen LogP contribution < -0.4 is 4.90 Å². The van der Waals surface area contributed by atoms with Gasteiger partial charge in [-0.05, 0) is 59.3 Å². The second kappa shape index (κ2) is 8.20. The number of aromatic nitrogens is 1. The van der Waals surface area contributed by atoms with Gasteiger partial charge in [0, 0.05) is 10.4 Å². The second-order valence-electron chi connectivity index (χ2n) is 8.07. The quantitative estimate of drug-likeness (QED) is 0.214. The van der Waals surface area contributed by atoms with E-state index in [4.69, 9.17) is 0 Å². The predicted molar refractivity (Wildman–Crippen MR) is 129 cm³/mol. The van der Waals surface area contributed by atoms with Gasteiger partial charge in [-0.2, -0.15) is 0 Å². The number of Topliss-reactive ketones (excluding diaryl/α,β-unsaturated/α-hetero) is 1. The maximum Gasteiger partial charge on any atom is 0.301 e. The fourth-order valence-corrected chi connectivity index (χ4v) is 5.76. The molecule has 1 aliphatic rings. The van der Waals surface area contributed by atoms with E-state index in [2.05, 4.69) is 24.9 Å². The number of thiophene rings is 1. The standard InChI is InChI=1S/C25H19FN2O3S2/c1-13(2)15-7-10-17-19(12-15)33-25(27-17)28-21(18-4-3-11-32-18)20(23(30)24(28)31)22(29)14-5-8-16(26)9-6-14/h3-13,21,29H,1-2H3/b22-20+. The van der Waals surface area contributed by atoms with Gasteiger partial charge in [0.1, 0.15) is 17.6 Å². The van der Waals surface area contributed by atoms with Crippen LogP contribution in [0.3, 0.4) is 0 Å². The third kappa shape index (κ3) is 3.65. The summed E-state index contributed by atoms with van der Waals surface area (Å²) in [7, 11) is 0. The number of carbonyl (C=O) groups excluding carboxylic acids is 2. The molecule has 1 aliphatic heterocycles. The molecule has 1 amide bonds. The van der Waals surface area contributed by atoms with E-state index in [0.717, 1.165) is 20.7 Å². The number of rotatable bonds is 4. The molecule has 0 saturated carbocycles. The number of nitrogens with zero attached hydrogens (tertiary/aromatic N) is 2. The van der Waals surface area contributed by atoms with Crippen LogP contribution in [0.15, 0.2) is 65.6 Å². The molecular formula is C25H19FN2O3S2. The number of aliphatic hydroxyl groups excluding tert-OH is 1. The minimum Gasteiger partial charge on any atom is -0.507 e. The van der Waals surface area contributed by atoms with Gasteiger partial charge in [0.05, 0.1) is 15.8 Å². The number of hydrogen-bond acceptors (Lipinski definition) is 6. The van der Waals surface area contributed by atoms with Crippen LogP contribution in [0, 0.1) is 5.82 Å². The number of benzene rings is 2. The molecule has 1 saturated heterocycles. The fourth-order valence-electron chi connectivity index (χ4n) is 3.90. The van der Waals surface area contributed by atoms with Gasteiger partial charge in [-0.15, -0.1) is 11.3 Å². The van der Waals surface area contributed by atoms with Crippen molar-refractivity contribution in [3.63, 3.8) is 0 Å². The van der Waals surface area contributed by atoms with E-state index in [-0.39, 0.29) is 16.9 Å². The summed E-state index contributed by atoms with van der Waals surface area (Å²) in [5.74, 6) is -2.00. The summed E-state index contributed by atoms with van der Waals surface area (Å²) < 4.78 is 14.3. The molecule has 3 heterocycles. The molecule has 1 atom stereocenters. The van der Waals surface area contributed by atoms with Gasteiger partial charge in [-0.25, -0.2) is 9.37 Å². The van der Waals surface area contributed by atoms with Crippen LogP contribution in [0.1, 0.15) is 41.8 Å². The van der Waals surface area contributed by atoms with Gasteiger partial charge in [0.2, 0.25) is 0 Å². The number of carbonyl (C=O) groups is 2. The van der Waals surface area contributed by atoms with Gasteiger partial charge < -0.3 is 5.11 Å². The average molecular weight is 479 g/mol. The number of aliphatic hydroxyl groups is 1. The molecule has 5 nitrogen and oxygen atoms in total. The lowest BCUT2D eigenvalue weighted by atomic mass is 10.00. The van der Waals surface area contributed by atoms with Crippen LogP contribution in [0.25, 0.3) is 16.0 Å². The Bertz CT molecular complexity index is 1410. The number of amides is 1. The highest BCUT2D eigenvalue weighted by atomic mass is 32.1. The molecule has 0 radical (unpaired) electrons. The summed E-state index contributed by atoms with van der Waals surface area (Å²) in [6.45, 7) is 4.21. The number of anilines is 1. The first-order chi connectivity index (χ1) is 15.8. The van der Waals surface area contributed by atoms with Crippen molar-refractivity contribution < 1.29 is 19.1 Å². The van der Waals surface area contributed by atoms with Crippen LogP contribution >= 0.6 is 22.7 Å². The Balaban J connectivity index is 1.68. The van der Waals surface area contributed by atoms with E-state index in [0.29, 0.717) is 11.0 Å². The molecule has 8 heteroatoms. The largest absolute Gasteiger partial charge is 0.507 e. The van der Waals surface area contributed by atoms with E-state index in [1.165, 1.54) is 51.8 Å². The average Bonchev–Trinajstić information content (AvgIpc) is 3.52. The summed E-state index contributed by atoms with van der Waals surface area (Å²) >= 11 is 2.72. The van der Waals surface area contributed by atoms with Gasteiger partial charge in [0.25, 0.3) is 5.78 Å². The molecule has 1 fully saturated rings. The highest BCUT2D eigenvalue weighted by Gasteiger charge is 2.48. The molecule has 4 aromatic rings. The van der Waals surface area contributed by atoms with Crippen LogP contribution in [0.2, 0.25) is 0 Å². The summed E-state index contributed by atoms with van der Waals surface area (Å²) in [5, 5.41) is 13.3.